The van der Waals surface area contributed by atoms with E-state index in [9.17, 15) is 9.59 Å². The number of carbonyl (C=O) groups is 2. The summed E-state index contributed by atoms with van der Waals surface area (Å²) in [6.07, 6.45) is 0. The molecule has 0 rings (SSSR count). The molecule has 0 aliphatic rings. The molecule has 4 nitrogen and oxygen atoms in total. The van der Waals surface area contributed by atoms with Crippen LogP contribution in [0.1, 0.15) is 41.5 Å². The molecule has 0 saturated heterocycles. The van der Waals surface area contributed by atoms with E-state index in [4.69, 9.17) is 40.5 Å². The molecule has 0 radical (unpaired) electrons. The molecule has 0 aliphatic heterocycles. The highest BCUT2D eigenvalue weighted by molar-refractivity contribution is 6.64. The molecular weight excluding hydrogens is 335 g/mol. The van der Waals surface area contributed by atoms with Crippen molar-refractivity contribution in [2.45, 2.75) is 41.5 Å². The van der Waals surface area contributed by atoms with E-state index in [2.05, 4.69) is 5.32 Å². The molecule has 0 unspecified atom stereocenters. The molecule has 21 heavy (non-hydrogen) atoms. The van der Waals surface area contributed by atoms with Gasteiger partial charge in [-0.1, -0.05) is 41.5 Å². The third kappa shape index (κ3) is 22.4. The summed E-state index contributed by atoms with van der Waals surface area (Å²) >= 11 is 15.6. The van der Waals surface area contributed by atoms with Crippen LogP contribution in [0.5, 0.6) is 0 Å². The Morgan fingerprint density at radius 3 is 1.43 bits per heavy atom. The highest BCUT2D eigenvalue weighted by Gasteiger charge is 2.19. The van der Waals surface area contributed by atoms with Crippen molar-refractivity contribution in [3.8, 4) is 0 Å². The van der Waals surface area contributed by atoms with Gasteiger partial charge < -0.3 is 11.1 Å². The van der Waals surface area contributed by atoms with Crippen molar-refractivity contribution < 1.29 is 9.59 Å². The summed E-state index contributed by atoms with van der Waals surface area (Å²) in [4.78, 5) is 21.3. The van der Waals surface area contributed by atoms with Gasteiger partial charge in [0.25, 0.3) is 0 Å². The molecule has 0 heterocycles. The molecule has 0 aromatic rings. The zero-order chi connectivity index (χ0) is 17.7. The fourth-order valence-corrected chi connectivity index (χ4v) is 0.520. The van der Waals surface area contributed by atoms with E-state index < -0.39 is 0 Å². The predicted octanol–water partition coefficient (Wildman–Crippen LogP) is 3.37. The lowest BCUT2D eigenvalue weighted by Crippen LogP contribution is -2.35. The number of nitrogens with two attached hydrogens (primary N) is 1. The smallest absolute Gasteiger partial charge is 0.226 e. The van der Waals surface area contributed by atoms with Crippen LogP contribution < -0.4 is 11.1 Å². The minimum Gasteiger partial charge on any atom is -0.354 e. The van der Waals surface area contributed by atoms with Gasteiger partial charge in [0.2, 0.25) is 11.1 Å². The molecule has 0 spiro atoms. The number of alkyl halides is 2. The third-order valence-electron chi connectivity index (χ3n) is 1.76. The number of hydrogen-bond acceptors (Lipinski definition) is 3. The van der Waals surface area contributed by atoms with Crippen molar-refractivity contribution in [1.82, 2.24) is 5.32 Å². The molecule has 3 N–H and O–H groups in total. The molecule has 0 atom stereocenters. The first kappa shape index (κ1) is 25.9. The second kappa shape index (κ2) is 13.6. The van der Waals surface area contributed by atoms with Gasteiger partial charge in [0.1, 0.15) is 0 Å². The molecular formula is C14H29Cl3N2O2. The largest absolute Gasteiger partial charge is 0.354 e. The molecule has 0 fully saturated rings. The molecule has 0 aliphatic carbocycles. The van der Waals surface area contributed by atoms with E-state index in [1.54, 1.807) is 20.8 Å². The Balaban J connectivity index is -0.000000256. The van der Waals surface area contributed by atoms with Crippen LogP contribution in [0.2, 0.25) is 0 Å². The van der Waals surface area contributed by atoms with Crippen molar-refractivity contribution in [2.75, 3.05) is 24.8 Å². The highest BCUT2D eigenvalue weighted by Crippen LogP contribution is 2.15. The Bertz CT molecular complexity index is 283. The van der Waals surface area contributed by atoms with E-state index in [1.165, 1.54) is 0 Å². The number of amides is 1. The summed E-state index contributed by atoms with van der Waals surface area (Å²) in [6.45, 7) is 12.1. The van der Waals surface area contributed by atoms with Gasteiger partial charge in [0.05, 0.1) is 0 Å². The highest BCUT2D eigenvalue weighted by atomic mass is 35.5. The monoisotopic (exact) mass is 362 g/mol. The third-order valence-corrected chi connectivity index (χ3v) is 2.73. The fourth-order valence-electron chi connectivity index (χ4n) is 0.426. The van der Waals surface area contributed by atoms with Gasteiger partial charge in [-0.05, 0) is 11.6 Å². The maximum absolute atomic E-state index is 11.1. The number of carbonyl (C=O) groups excluding carboxylic acids is 2. The number of nitrogens with one attached hydrogen (secondary N) is 1. The Labute approximate surface area is 144 Å². The van der Waals surface area contributed by atoms with Crippen molar-refractivity contribution >= 4 is 46.0 Å². The van der Waals surface area contributed by atoms with Crippen LogP contribution in [0.3, 0.4) is 0 Å². The van der Waals surface area contributed by atoms with Gasteiger partial charge in [-0.15, -0.1) is 23.2 Å². The molecule has 0 aromatic carbocycles. The lowest BCUT2D eigenvalue weighted by molar-refractivity contribution is -0.128. The van der Waals surface area contributed by atoms with Crippen molar-refractivity contribution in [3.63, 3.8) is 0 Å². The Kier molecular flexibility index (Phi) is 16.8. The lowest BCUT2D eigenvalue weighted by atomic mass is 9.96. The standard InChI is InChI=1S/C7H14ClNO.C5H9ClO.C2H6ClN/c1-7(2,3)6(10)9-5-4-8;1-5(2,3)4(6)7;3-1-2-4/h4-5H2,1-3H3,(H,9,10);1-3H3;1-2,4H2. The predicted molar refractivity (Wildman–Crippen MR) is 93.3 cm³/mol. The van der Waals surface area contributed by atoms with Crippen LogP contribution in [0.15, 0.2) is 0 Å². The van der Waals surface area contributed by atoms with Gasteiger partial charge in [0, 0.05) is 35.7 Å². The van der Waals surface area contributed by atoms with Crippen LogP contribution in [0, 0.1) is 10.8 Å². The summed E-state index contributed by atoms with van der Waals surface area (Å²) in [6, 6.07) is 0. The van der Waals surface area contributed by atoms with Crippen molar-refractivity contribution in [2.24, 2.45) is 16.6 Å². The van der Waals surface area contributed by atoms with Gasteiger partial charge in [-0.2, -0.15) is 0 Å². The molecule has 7 heteroatoms. The second-order valence-corrected chi connectivity index (χ2v) is 7.30. The van der Waals surface area contributed by atoms with Crippen molar-refractivity contribution in [3.05, 3.63) is 0 Å². The van der Waals surface area contributed by atoms with Gasteiger partial charge in [-0.25, -0.2) is 0 Å². The fraction of sp³-hybridized carbons (Fsp3) is 0.857. The minimum absolute atomic E-state index is 0.0492. The number of hydrogen-bond donors (Lipinski definition) is 2. The number of halogens is 3. The summed E-state index contributed by atoms with van der Waals surface area (Å²) in [5, 5.41) is 2.42. The summed E-state index contributed by atoms with van der Waals surface area (Å²) in [5.74, 6) is 1.09. The molecule has 128 valence electrons. The zero-order valence-corrected chi connectivity index (χ0v) is 16.1. The summed E-state index contributed by atoms with van der Waals surface area (Å²) in [7, 11) is 0. The second-order valence-electron chi connectivity index (χ2n) is 6.20. The topological polar surface area (TPSA) is 72.2 Å². The minimum atomic E-state index is -0.373. The van der Waals surface area contributed by atoms with E-state index in [0.717, 1.165) is 0 Å². The molecule has 0 bridgehead atoms. The summed E-state index contributed by atoms with van der Waals surface area (Å²) < 4.78 is 0. The SMILES string of the molecule is CC(C)(C)C(=O)Cl.CC(C)(C)C(=O)NCCCl.NCCCl. The van der Waals surface area contributed by atoms with Crippen molar-refractivity contribution in [1.29, 1.82) is 0 Å². The van der Waals surface area contributed by atoms with Crippen LogP contribution in [0.4, 0.5) is 0 Å². The van der Waals surface area contributed by atoms with Crippen LogP contribution in [-0.2, 0) is 9.59 Å². The molecule has 1 amide bonds. The van der Waals surface area contributed by atoms with Crippen LogP contribution in [0.25, 0.3) is 0 Å². The Morgan fingerprint density at radius 2 is 1.29 bits per heavy atom. The first-order valence-electron chi connectivity index (χ1n) is 6.64. The van der Waals surface area contributed by atoms with Gasteiger partial charge >= 0.3 is 0 Å². The van der Waals surface area contributed by atoms with E-state index >= 15 is 0 Å². The van der Waals surface area contributed by atoms with E-state index in [1.807, 2.05) is 20.8 Å². The normalized spacial score (nSPS) is 10.6. The molecule has 0 saturated carbocycles. The summed E-state index contributed by atoms with van der Waals surface area (Å²) in [5.41, 5.74) is 4.22. The van der Waals surface area contributed by atoms with Gasteiger partial charge in [0.15, 0.2) is 0 Å². The average Bonchev–Trinajstić information content (AvgIpc) is 2.34. The Morgan fingerprint density at radius 1 is 0.952 bits per heavy atom. The maximum atomic E-state index is 11.1. The quantitative estimate of drug-likeness (QED) is 0.596. The van der Waals surface area contributed by atoms with E-state index in [-0.39, 0.29) is 22.0 Å². The Hall–Kier alpha value is -0.0300. The van der Waals surface area contributed by atoms with Gasteiger partial charge in [-0.3, -0.25) is 9.59 Å². The maximum Gasteiger partial charge on any atom is 0.226 e. The molecule has 0 aromatic heterocycles. The van der Waals surface area contributed by atoms with E-state index in [0.29, 0.717) is 24.8 Å². The van der Waals surface area contributed by atoms with Crippen LogP contribution >= 0.6 is 34.8 Å². The average molecular weight is 364 g/mol. The first-order chi connectivity index (χ1) is 9.34. The zero-order valence-electron chi connectivity index (χ0n) is 13.9. The number of rotatable bonds is 3. The van der Waals surface area contributed by atoms with Crippen LogP contribution in [-0.4, -0.2) is 36.0 Å². The lowest BCUT2D eigenvalue weighted by Gasteiger charge is -2.16. The first-order valence-corrected chi connectivity index (χ1v) is 8.09.